The first kappa shape index (κ1) is 22.8. The number of rotatable bonds is 8. The second kappa shape index (κ2) is 9.08. The Morgan fingerprint density at radius 2 is 1.74 bits per heavy atom. The van der Waals surface area contributed by atoms with Crippen LogP contribution >= 0.6 is 0 Å². The number of hydrogen-bond donors (Lipinski definition) is 3. The quantitative estimate of drug-likeness (QED) is 0.455. The van der Waals surface area contributed by atoms with Gasteiger partial charge in [-0.15, -0.1) is 0 Å². The van der Waals surface area contributed by atoms with E-state index in [0.29, 0.717) is 22.5 Å². The summed E-state index contributed by atoms with van der Waals surface area (Å²) < 4.78 is 54.9. The summed E-state index contributed by atoms with van der Waals surface area (Å²) in [6, 6.07) is 12.5. The van der Waals surface area contributed by atoms with Gasteiger partial charge in [0, 0.05) is 24.6 Å². The van der Waals surface area contributed by atoms with E-state index in [1.165, 1.54) is 38.6 Å². The van der Waals surface area contributed by atoms with Gasteiger partial charge in [-0.05, 0) is 49.0 Å². The number of anilines is 2. The van der Waals surface area contributed by atoms with E-state index < -0.39 is 20.0 Å². The summed E-state index contributed by atoms with van der Waals surface area (Å²) >= 11 is 0. The van der Waals surface area contributed by atoms with Gasteiger partial charge in [0.2, 0.25) is 26.0 Å². The number of methoxy groups -OCH3 is 1. The fourth-order valence-electron chi connectivity index (χ4n) is 2.80. The molecule has 0 aliphatic carbocycles. The number of ether oxygens (including phenoxy) is 1. The van der Waals surface area contributed by atoms with Crippen LogP contribution in [-0.2, 0) is 31.4 Å². The molecule has 31 heavy (non-hydrogen) atoms. The van der Waals surface area contributed by atoms with Crippen molar-refractivity contribution in [2.45, 2.75) is 16.4 Å². The van der Waals surface area contributed by atoms with Crippen LogP contribution < -0.4 is 15.2 Å². The maximum Gasteiger partial charge on any atom is 0.240 e. The topological polar surface area (TPSA) is 153 Å². The number of nitrogens with zero attached hydrogens (tertiary/aromatic N) is 2. The molecule has 0 aliphatic rings. The third-order valence-electron chi connectivity index (χ3n) is 4.31. The molecule has 0 aliphatic heterocycles. The van der Waals surface area contributed by atoms with Gasteiger partial charge in [0.25, 0.3) is 0 Å². The molecule has 0 saturated carbocycles. The summed E-state index contributed by atoms with van der Waals surface area (Å²) in [5.74, 6) is 0.250. The smallest absolute Gasteiger partial charge is 0.240 e. The van der Waals surface area contributed by atoms with E-state index in [0.717, 1.165) is 0 Å². The van der Waals surface area contributed by atoms with Crippen molar-refractivity contribution in [2.75, 3.05) is 19.5 Å². The molecule has 1 aromatic heterocycles. The van der Waals surface area contributed by atoms with Gasteiger partial charge in [0.15, 0.2) is 0 Å². The molecule has 164 valence electrons. The maximum absolute atomic E-state index is 12.0. The molecule has 10 nitrogen and oxygen atoms in total. The fraction of sp³-hybridized carbons (Fsp3) is 0.158. The van der Waals surface area contributed by atoms with E-state index in [2.05, 4.69) is 20.0 Å². The number of primary sulfonamides is 1. The summed E-state index contributed by atoms with van der Waals surface area (Å²) in [6.45, 7) is 0.0991. The van der Waals surface area contributed by atoms with Crippen molar-refractivity contribution in [2.24, 2.45) is 5.14 Å². The summed E-state index contributed by atoms with van der Waals surface area (Å²) in [7, 11) is -4.69. The zero-order chi connectivity index (χ0) is 22.6. The SMILES string of the molecule is CNS(=O)(=O)c1ccc(Nc2nccc(-c3ccc(COC)c(S(N)(=O)=O)c3)n2)cc1. The second-order valence-corrected chi connectivity index (χ2v) is 9.84. The Morgan fingerprint density at radius 3 is 2.35 bits per heavy atom. The minimum atomic E-state index is -3.96. The Bertz CT molecular complexity index is 1290. The average molecular weight is 464 g/mol. The highest BCUT2D eigenvalue weighted by molar-refractivity contribution is 7.89. The molecule has 4 N–H and O–H groups in total. The van der Waals surface area contributed by atoms with Crippen molar-refractivity contribution < 1.29 is 21.6 Å². The molecule has 0 bridgehead atoms. The van der Waals surface area contributed by atoms with Gasteiger partial charge in [0.1, 0.15) is 0 Å². The molecule has 1 heterocycles. The van der Waals surface area contributed by atoms with Gasteiger partial charge in [-0.1, -0.05) is 12.1 Å². The van der Waals surface area contributed by atoms with Crippen LogP contribution in [0.25, 0.3) is 11.3 Å². The number of aromatic nitrogens is 2. The number of benzene rings is 2. The maximum atomic E-state index is 12.0. The lowest BCUT2D eigenvalue weighted by molar-refractivity contribution is 0.182. The molecule has 0 spiro atoms. The van der Waals surface area contributed by atoms with Crippen molar-refractivity contribution >= 4 is 31.7 Å². The van der Waals surface area contributed by atoms with Crippen molar-refractivity contribution in [1.29, 1.82) is 0 Å². The summed E-state index contributed by atoms with van der Waals surface area (Å²) in [6.07, 6.45) is 1.52. The van der Waals surface area contributed by atoms with Gasteiger partial charge >= 0.3 is 0 Å². The summed E-state index contributed by atoms with van der Waals surface area (Å²) in [5, 5.41) is 8.33. The third kappa shape index (κ3) is 5.42. The summed E-state index contributed by atoms with van der Waals surface area (Å²) in [4.78, 5) is 8.64. The van der Waals surface area contributed by atoms with Crippen molar-refractivity contribution in [3.05, 3.63) is 60.3 Å². The molecule has 0 radical (unpaired) electrons. The highest BCUT2D eigenvalue weighted by atomic mass is 32.2. The molecule has 0 saturated heterocycles. The molecular weight excluding hydrogens is 442 g/mol. The van der Waals surface area contributed by atoms with E-state index in [4.69, 9.17) is 9.88 Å². The Hall–Kier alpha value is -2.90. The minimum absolute atomic E-state index is 0.0405. The van der Waals surface area contributed by atoms with E-state index in [1.54, 1.807) is 30.3 Å². The Morgan fingerprint density at radius 1 is 1.03 bits per heavy atom. The van der Waals surface area contributed by atoms with Crippen LogP contribution in [0.5, 0.6) is 0 Å². The lowest BCUT2D eigenvalue weighted by Gasteiger charge is -2.11. The van der Waals surface area contributed by atoms with Crippen LogP contribution in [0, 0.1) is 0 Å². The first-order chi connectivity index (χ1) is 14.6. The van der Waals surface area contributed by atoms with E-state index >= 15 is 0 Å². The van der Waals surface area contributed by atoms with Crippen LogP contribution in [0.4, 0.5) is 11.6 Å². The molecule has 0 unspecified atom stereocenters. The highest BCUT2D eigenvalue weighted by Crippen LogP contribution is 2.25. The first-order valence-corrected chi connectivity index (χ1v) is 12.0. The monoisotopic (exact) mass is 463 g/mol. The van der Waals surface area contributed by atoms with Crippen molar-refractivity contribution in [1.82, 2.24) is 14.7 Å². The molecule has 0 amide bonds. The standard InChI is InChI=1S/C19H21N5O5S2/c1-21-31(27,28)16-7-5-15(6-8-16)23-19-22-10-9-17(24-19)13-3-4-14(12-29-2)18(11-13)30(20,25)26/h3-11,21H,12H2,1-2H3,(H2,20,25,26)(H,22,23,24). The largest absolute Gasteiger partial charge is 0.380 e. The molecule has 2 aromatic carbocycles. The second-order valence-electron chi connectivity index (χ2n) is 6.42. The van der Waals surface area contributed by atoms with Crippen molar-refractivity contribution in [3.63, 3.8) is 0 Å². The van der Waals surface area contributed by atoms with Crippen LogP contribution in [0.1, 0.15) is 5.56 Å². The Labute approximate surface area is 180 Å². The fourth-order valence-corrected chi connectivity index (χ4v) is 4.31. The summed E-state index contributed by atoms with van der Waals surface area (Å²) in [5.41, 5.74) is 2.02. The zero-order valence-corrected chi connectivity index (χ0v) is 18.4. The molecule has 12 heteroatoms. The van der Waals surface area contributed by atoms with Crippen LogP contribution in [0.15, 0.2) is 64.5 Å². The first-order valence-electron chi connectivity index (χ1n) is 8.93. The number of sulfonamides is 2. The normalized spacial score (nSPS) is 12.0. The molecule has 0 atom stereocenters. The number of nitrogens with one attached hydrogen (secondary N) is 2. The van der Waals surface area contributed by atoms with Gasteiger partial charge in [-0.2, -0.15) is 0 Å². The van der Waals surface area contributed by atoms with E-state index in [-0.39, 0.29) is 22.3 Å². The molecule has 3 rings (SSSR count). The lowest BCUT2D eigenvalue weighted by atomic mass is 10.1. The Kier molecular flexibility index (Phi) is 6.67. The van der Waals surface area contributed by atoms with Crippen LogP contribution in [0.3, 0.4) is 0 Å². The van der Waals surface area contributed by atoms with Gasteiger partial charge < -0.3 is 10.1 Å². The van der Waals surface area contributed by atoms with E-state index in [1.807, 2.05) is 0 Å². The third-order valence-corrected chi connectivity index (χ3v) is 6.74. The number of nitrogens with two attached hydrogens (primary N) is 1. The van der Waals surface area contributed by atoms with Gasteiger partial charge in [0.05, 0.1) is 22.1 Å². The van der Waals surface area contributed by atoms with Gasteiger partial charge in [-0.25, -0.2) is 36.7 Å². The minimum Gasteiger partial charge on any atom is -0.380 e. The predicted molar refractivity (Wildman–Crippen MR) is 116 cm³/mol. The van der Waals surface area contributed by atoms with Crippen LogP contribution in [0.2, 0.25) is 0 Å². The van der Waals surface area contributed by atoms with Crippen molar-refractivity contribution in [3.8, 4) is 11.3 Å². The van der Waals surface area contributed by atoms with E-state index in [9.17, 15) is 16.8 Å². The highest BCUT2D eigenvalue weighted by Gasteiger charge is 2.16. The molecule has 3 aromatic rings. The van der Waals surface area contributed by atoms with Gasteiger partial charge in [-0.3, -0.25) is 0 Å². The Balaban J connectivity index is 1.90. The average Bonchev–Trinajstić information content (AvgIpc) is 2.74. The number of hydrogen-bond acceptors (Lipinski definition) is 8. The zero-order valence-electron chi connectivity index (χ0n) is 16.7. The lowest BCUT2D eigenvalue weighted by Crippen LogP contribution is -2.18. The molecule has 0 fully saturated rings. The molecular formula is C19H21N5O5S2. The predicted octanol–water partition coefficient (Wildman–Crippen LogP) is 1.59. The van der Waals surface area contributed by atoms with Crippen LogP contribution in [-0.4, -0.2) is 41.0 Å².